The van der Waals surface area contributed by atoms with Crippen LogP contribution in [0.25, 0.3) is 10.8 Å². The first kappa shape index (κ1) is 44.4. The molecule has 0 saturated heterocycles. The smallest absolute Gasteiger partial charge is 0.296 e. The summed E-state index contributed by atoms with van der Waals surface area (Å²) in [6.07, 6.45) is 2.04. The van der Waals surface area contributed by atoms with Crippen molar-refractivity contribution in [3.05, 3.63) is 94.5 Å². The number of phenolic OH excluding ortho intramolecular Hbond substituents is 2. The SMILES string of the molecule is CCC(=O)Nc1ccc2cc(S(=O)(=O)O)c(N=Nc3ccc(Oc4cc(NC(=O)COc5ccc(C(C)(C)CC)cc5C(C)(C)CC)c(O)c(Cl)c4C)cc3)c(O)c2c1. The summed E-state index contributed by atoms with van der Waals surface area (Å²) in [5.74, 6) is -0.573. The monoisotopic (exact) mass is 844 g/mol. The molecule has 5 aromatic rings. The van der Waals surface area contributed by atoms with Gasteiger partial charge < -0.3 is 30.3 Å². The maximum Gasteiger partial charge on any atom is 0.296 e. The highest BCUT2D eigenvalue weighted by atomic mass is 35.5. The van der Waals surface area contributed by atoms with Crippen molar-refractivity contribution >= 4 is 67.1 Å². The molecule has 0 aliphatic heterocycles. The minimum absolute atomic E-state index is 0.00784. The van der Waals surface area contributed by atoms with Crippen LogP contribution in [-0.2, 0) is 30.5 Å². The van der Waals surface area contributed by atoms with E-state index in [1.54, 1.807) is 13.8 Å². The van der Waals surface area contributed by atoms with Gasteiger partial charge in [0.1, 0.15) is 27.8 Å². The van der Waals surface area contributed by atoms with E-state index in [1.807, 2.05) is 12.1 Å². The Morgan fingerprint density at radius 1 is 0.797 bits per heavy atom. The van der Waals surface area contributed by atoms with Crippen LogP contribution in [0.1, 0.15) is 84.4 Å². The van der Waals surface area contributed by atoms with E-state index in [4.69, 9.17) is 21.1 Å². The van der Waals surface area contributed by atoms with Gasteiger partial charge in [-0.3, -0.25) is 14.1 Å². The number of carbonyl (C=O) groups is 2. The fourth-order valence-corrected chi connectivity index (χ4v) is 6.87. The van der Waals surface area contributed by atoms with Crippen molar-refractivity contribution in [2.75, 3.05) is 17.2 Å². The van der Waals surface area contributed by atoms with Crippen LogP contribution in [0.5, 0.6) is 28.7 Å². The summed E-state index contributed by atoms with van der Waals surface area (Å²) in [4.78, 5) is 24.5. The summed E-state index contributed by atoms with van der Waals surface area (Å²) in [7, 11) is -4.85. The maximum absolute atomic E-state index is 13.2. The fraction of sp³-hybridized carbons (Fsp3) is 0.318. The lowest BCUT2D eigenvalue weighted by Crippen LogP contribution is -2.24. The van der Waals surface area contributed by atoms with Crippen LogP contribution in [0.15, 0.2) is 87.9 Å². The summed E-state index contributed by atoms with van der Waals surface area (Å²) in [5.41, 5.74) is 2.43. The van der Waals surface area contributed by atoms with Gasteiger partial charge in [0.05, 0.1) is 16.4 Å². The number of nitrogens with one attached hydrogen (secondary N) is 2. The van der Waals surface area contributed by atoms with E-state index in [0.29, 0.717) is 22.7 Å². The number of hydrogen-bond acceptors (Lipinski definition) is 10. The molecule has 0 aliphatic carbocycles. The minimum atomic E-state index is -4.85. The molecule has 2 amide bonds. The first-order chi connectivity index (χ1) is 27.7. The van der Waals surface area contributed by atoms with Crippen molar-refractivity contribution in [1.82, 2.24) is 0 Å². The molecule has 0 atom stereocenters. The number of ether oxygens (including phenoxy) is 2. The van der Waals surface area contributed by atoms with Crippen LogP contribution in [0.2, 0.25) is 5.02 Å². The quantitative estimate of drug-likeness (QED) is 0.0387. The Kier molecular flexibility index (Phi) is 13.3. The third-order valence-electron chi connectivity index (χ3n) is 10.6. The molecule has 0 unspecified atom stereocenters. The van der Waals surface area contributed by atoms with Gasteiger partial charge in [0.25, 0.3) is 16.0 Å². The second kappa shape index (κ2) is 17.7. The third-order valence-corrected chi connectivity index (χ3v) is 11.9. The topological polar surface area (TPSA) is 196 Å². The van der Waals surface area contributed by atoms with Crippen molar-refractivity contribution in [2.24, 2.45) is 10.2 Å². The van der Waals surface area contributed by atoms with E-state index in [-0.39, 0.29) is 68.4 Å². The molecule has 59 heavy (non-hydrogen) atoms. The van der Waals surface area contributed by atoms with Crippen LogP contribution in [0.3, 0.4) is 0 Å². The summed E-state index contributed by atoms with van der Waals surface area (Å²) < 4.78 is 46.7. The maximum atomic E-state index is 13.2. The van der Waals surface area contributed by atoms with Crippen LogP contribution >= 0.6 is 11.6 Å². The van der Waals surface area contributed by atoms with Crippen molar-refractivity contribution < 1.29 is 42.2 Å². The number of nitrogens with zero attached hydrogens (tertiary/aromatic N) is 2. The van der Waals surface area contributed by atoms with E-state index in [9.17, 15) is 32.8 Å². The average Bonchev–Trinajstić information content (AvgIpc) is 3.20. The number of benzene rings is 5. The average molecular weight is 845 g/mol. The molecule has 0 heterocycles. The Bertz CT molecular complexity index is 2550. The number of hydrogen-bond donors (Lipinski definition) is 5. The lowest BCUT2D eigenvalue weighted by molar-refractivity contribution is -0.118. The number of carbonyl (C=O) groups excluding carboxylic acids is 2. The Morgan fingerprint density at radius 2 is 1.47 bits per heavy atom. The molecule has 0 saturated carbocycles. The number of rotatable bonds is 15. The minimum Gasteiger partial charge on any atom is -0.505 e. The third kappa shape index (κ3) is 10.1. The number of anilines is 2. The highest BCUT2D eigenvalue weighted by Crippen LogP contribution is 2.44. The molecule has 13 nitrogen and oxygen atoms in total. The van der Waals surface area contributed by atoms with E-state index < -0.39 is 32.4 Å². The summed E-state index contributed by atoms with van der Waals surface area (Å²) in [6, 6.07) is 19.2. The van der Waals surface area contributed by atoms with Gasteiger partial charge in [-0.15, -0.1) is 5.11 Å². The summed E-state index contributed by atoms with van der Waals surface area (Å²) >= 11 is 6.48. The Labute approximate surface area is 349 Å². The molecule has 5 rings (SSSR count). The summed E-state index contributed by atoms with van der Waals surface area (Å²) in [5, 5.41) is 35.7. The van der Waals surface area contributed by atoms with Crippen molar-refractivity contribution in [3.63, 3.8) is 0 Å². The molecule has 0 radical (unpaired) electrons. The highest BCUT2D eigenvalue weighted by molar-refractivity contribution is 7.86. The second-order valence-electron chi connectivity index (χ2n) is 15.4. The molecular formula is C44H49ClN4O9S. The van der Waals surface area contributed by atoms with Gasteiger partial charge in [0, 0.05) is 34.7 Å². The van der Waals surface area contributed by atoms with E-state index in [2.05, 4.69) is 68.5 Å². The largest absolute Gasteiger partial charge is 0.505 e. The summed E-state index contributed by atoms with van der Waals surface area (Å²) in [6.45, 7) is 15.9. The normalized spacial score (nSPS) is 12.2. The van der Waals surface area contributed by atoms with Gasteiger partial charge in [-0.2, -0.15) is 13.5 Å². The molecule has 0 bridgehead atoms. The molecule has 0 fully saturated rings. The Hall–Kier alpha value is -5.70. The van der Waals surface area contributed by atoms with E-state index >= 15 is 0 Å². The number of amides is 2. The molecule has 15 heteroatoms. The molecule has 0 aliphatic rings. The molecule has 0 spiro atoms. The predicted molar refractivity (Wildman–Crippen MR) is 230 cm³/mol. The number of aromatic hydroxyl groups is 2. The molecule has 312 valence electrons. The van der Waals surface area contributed by atoms with Gasteiger partial charge >= 0.3 is 0 Å². The van der Waals surface area contributed by atoms with Crippen molar-refractivity contribution in [2.45, 2.75) is 90.4 Å². The van der Waals surface area contributed by atoms with Crippen LogP contribution in [0, 0.1) is 6.92 Å². The molecule has 5 N–H and O–H groups in total. The molecule has 0 aromatic heterocycles. The fourth-order valence-electron chi connectivity index (χ4n) is 6.02. The van der Waals surface area contributed by atoms with Gasteiger partial charge in [-0.25, -0.2) is 0 Å². The Balaban J connectivity index is 1.34. The molecule has 5 aromatic carbocycles. The van der Waals surface area contributed by atoms with Gasteiger partial charge in [-0.05, 0) is 90.1 Å². The Morgan fingerprint density at radius 3 is 2.10 bits per heavy atom. The number of halogens is 1. The number of fused-ring (bicyclic) bond motifs is 1. The first-order valence-electron chi connectivity index (χ1n) is 19.1. The first-order valence-corrected chi connectivity index (χ1v) is 20.9. The second-order valence-corrected chi connectivity index (χ2v) is 17.2. The zero-order chi connectivity index (χ0) is 43.4. The highest BCUT2D eigenvalue weighted by Gasteiger charge is 2.28. The van der Waals surface area contributed by atoms with Gasteiger partial charge in [0.15, 0.2) is 18.1 Å². The number of azo groups is 1. The van der Waals surface area contributed by atoms with Gasteiger partial charge in [0.2, 0.25) is 5.91 Å². The zero-order valence-corrected chi connectivity index (χ0v) is 35.8. The van der Waals surface area contributed by atoms with Gasteiger partial charge in [-0.1, -0.05) is 78.3 Å². The lowest BCUT2D eigenvalue weighted by Gasteiger charge is -2.30. The van der Waals surface area contributed by atoms with Crippen LogP contribution in [-0.4, -0.2) is 41.6 Å². The van der Waals surface area contributed by atoms with Crippen molar-refractivity contribution in [3.8, 4) is 28.7 Å². The standard InChI is InChI=1S/C44H49ClN4O9S/c1-9-37(50)46-29-14-12-26-20-36(59(54,55)56)40(41(52)31(26)22-29)49-48-28-15-17-30(18-16-28)58-35-23-33(42(53)39(45)25(35)4)47-38(51)24-57-34-19-13-27(43(5,6)10-2)21-32(34)44(7,8)11-3/h12-23,52-53H,9-11,24H2,1-8H3,(H,46,50)(H,47,51)(H,54,55,56). The number of phenols is 2. The molecular weight excluding hydrogens is 796 g/mol. The van der Waals surface area contributed by atoms with Crippen LogP contribution in [0.4, 0.5) is 22.7 Å². The predicted octanol–water partition coefficient (Wildman–Crippen LogP) is 11.4. The van der Waals surface area contributed by atoms with E-state index in [0.717, 1.165) is 24.5 Å². The van der Waals surface area contributed by atoms with Crippen molar-refractivity contribution in [1.29, 1.82) is 0 Å². The lowest BCUT2D eigenvalue weighted by atomic mass is 9.76. The van der Waals surface area contributed by atoms with Crippen LogP contribution < -0.4 is 20.1 Å². The zero-order valence-electron chi connectivity index (χ0n) is 34.2. The van der Waals surface area contributed by atoms with E-state index in [1.165, 1.54) is 54.1 Å².